The van der Waals surface area contributed by atoms with E-state index in [9.17, 15) is 25.5 Å². The smallest absolute Gasteiger partial charge is 0.157 e. The van der Waals surface area contributed by atoms with Crippen LogP contribution in [0.15, 0.2) is 24.3 Å². The van der Waals surface area contributed by atoms with E-state index in [-0.39, 0.29) is 6.10 Å². The second kappa shape index (κ2) is 8.27. The summed E-state index contributed by atoms with van der Waals surface area (Å²) in [6.07, 6.45) is -8.14. The van der Waals surface area contributed by atoms with Crippen molar-refractivity contribution in [2.24, 2.45) is 0 Å². The molecule has 9 nitrogen and oxygen atoms in total. The average Bonchev–Trinajstić information content (AvgIpc) is 2.63. The van der Waals surface area contributed by atoms with Gasteiger partial charge in [-0.25, -0.2) is 0 Å². The lowest BCUT2D eigenvalue weighted by Crippen LogP contribution is -2.58. The Balaban J connectivity index is 1.74. The monoisotopic (exact) mass is 384 g/mol. The van der Waals surface area contributed by atoms with Gasteiger partial charge in [-0.2, -0.15) is 0 Å². The van der Waals surface area contributed by atoms with E-state index >= 15 is 0 Å². The molecule has 0 unspecified atom stereocenters. The maximum Gasteiger partial charge on any atom is 0.157 e. The Morgan fingerprint density at radius 3 is 1.93 bits per heavy atom. The summed E-state index contributed by atoms with van der Waals surface area (Å²) in [5, 5.41) is 56.2. The van der Waals surface area contributed by atoms with Crippen LogP contribution in [0.3, 0.4) is 0 Å². The number of aliphatic hydroxyl groups excluding tert-OH is 5. The molecule has 9 heteroatoms. The van der Waals surface area contributed by atoms with Gasteiger partial charge in [-0.3, -0.25) is 0 Å². The largest absolute Gasteiger partial charge is 0.390 e. The molecule has 3 rings (SSSR count). The van der Waals surface area contributed by atoms with E-state index in [1.165, 1.54) is 0 Å². The van der Waals surface area contributed by atoms with Gasteiger partial charge < -0.3 is 45.6 Å². The fourth-order valence-electron chi connectivity index (χ4n) is 3.40. The third-order valence-corrected chi connectivity index (χ3v) is 5.03. The minimum Gasteiger partial charge on any atom is -0.390 e. The fourth-order valence-corrected chi connectivity index (χ4v) is 3.40. The molecule has 27 heavy (non-hydrogen) atoms. The molecule has 1 aromatic rings. The summed E-state index contributed by atoms with van der Waals surface area (Å²) < 4.78 is 11.3. The molecule has 0 aromatic heterocycles. The van der Waals surface area contributed by atoms with Crippen LogP contribution < -0.4 is 10.6 Å². The molecule has 0 aliphatic carbocycles. The van der Waals surface area contributed by atoms with E-state index in [0.29, 0.717) is 17.8 Å². The number of benzene rings is 1. The van der Waals surface area contributed by atoms with Crippen molar-refractivity contribution in [2.75, 3.05) is 10.6 Å². The number of nitrogens with one attached hydrogen (secondary N) is 2. The molecule has 1 aromatic carbocycles. The summed E-state index contributed by atoms with van der Waals surface area (Å²) >= 11 is 0. The molecular weight excluding hydrogens is 356 g/mol. The predicted octanol–water partition coefficient (Wildman–Crippen LogP) is -0.805. The van der Waals surface area contributed by atoms with Crippen LogP contribution in [0.4, 0.5) is 11.4 Å². The van der Waals surface area contributed by atoms with Gasteiger partial charge in [-0.1, -0.05) is 12.1 Å². The zero-order valence-corrected chi connectivity index (χ0v) is 15.3. The third-order valence-electron chi connectivity index (χ3n) is 5.03. The van der Waals surface area contributed by atoms with Gasteiger partial charge in [-0.15, -0.1) is 0 Å². The second-order valence-electron chi connectivity index (χ2n) is 7.23. The number of aliphatic hydroxyl groups is 5. The molecule has 9 atom stereocenters. The van der Waals surface area contributed by atoms with Crippen LogP contribution in [-0.2, 0) is 9.47 Å². The van der Waals surface area contributed by atoms with Crippen molar-refractivity contribution in [3.05, 3.63) is 24.3 Å². The third kappa shape index (κ3) is 4.35. The summed E-state index contributed by atoms with van der Waals surface area (Å²) in [7, 11) is 0. The number of ether oxygens (including phenoxy) is 2. The highest BCUT2D eigenvalue weighted by molar-refractivity contribution is 5.69. The Labute approximate surface area is 157 Å². The molecule has 0 saturated carbocycles. The van der Waals surface area contributed by atoms with Crippen molar-refractivity contribution in [1.29, 1.82) is 0 Å². The summed E-state index contributed by atoms with van der Waals surface area (Å²) in [5.74, 6) is 0. The first-order valence-corrected chi connectivity index (χ1v) is 9.11. The van der Waals surface area contributed by atoms with Crippen LogP contribution in [-0.4, -0.2) is 80.7 Å². The number of hydrogen-bond donors (Lipinski definition) is 7. The van der Waals surface area contributed by atoms with E-state index in [0.717, 1.165) is 0 Å². The Morgan fingerprint density at radius 2 is 1.33 bits per heavy atom. The topological polar surface area (TPSA) is 144 Å². The van der Waals surface area contributed by atoms with E-state index in [4.69, 9.17) is 9.47 Å². The Bertz CT molecular complexity index is 633. The van der Waals surface area contributed by atoms with Gasteiger partial charge in [-0.05, 0) is 26.0 Å². The average molecular weight is 384 g/mol. The van der Waals surface area contributed by atoms with Gasteiger partial charge in [0.2, 0.25) is 0 Å². The highest BCUT2D eigenvalue weighted by Crippen LogP contribution is 2.29. The highest BCUT2D eigenvalue weighted by atomic mass is 16.5. The highest BCUT2D eigenvalue weighted by Gasteiger charge is 2.42. The van der Waals surface area contributed by atoms with Crippen LogP contribution in [0.2, 0.25) is 0 Å². The van der Waals surface area contributed by atoms with E-state index in [1.807, 2.05) is 6.92 Å². The van der Waals surface area contributed by atoms with Gasteiger partial charge in [0.1, 0.15) is 24.4 Å². The lowest BCUT2D eigenvalue weighted by Gasteiger charge is -2.40. The second-order valence-corrected chi connectivity index (χ2v) is 7.23. The van der Waals surface area contributed by atoms with E-state index < -0.39 is 49.1 Å². The predicted molar refractivity (Wildman–Crippen MR) is 97.0 cm³/mol. The Morgan fingerprint density at radius 1 is 0.778 bits per heavy atom. The van der Waals surface area contributed by atoms with Gasteiger partial charge >= 0.3 is 0 Å². The number of rotatable bonds is 4. The van der Waals surface area contributed by atoms with Gasteiger partial charge in [0.05, 0.1) is 29.7 Å². The standard InChI is InChI=1S/C18H28N2O7/c1-8-7-12(21)14(23)17(26-8)19-10-5-3-4-6-11(10)20-18-16(25)15(24)13(22)9(2)27-18/h3-6,8-9,12-25H,7H2,1-2H3/t8-,9-,12+,13+,14+,15-,16+,17-,18-/m1/s1. The summed E-state index contributed by atoms with van der Waals surface area (Å²) in [6.45, 7) is 3.42. The number of para-hydroxylation sites is 2. The van der Waals surface area contributed by atoms with Crippen LogP contribution in [0.1, 0.15) is 20.3 Å². The number of hydrogen-bond acceptors (Lipinski definition) is 9. The van der Waals surface area contributed by atoms with E-state index in [1.54, 1.807) is 31.2 Å². The zero-order valence-electron chi connectivity index (χ0n) is 15.3. The van der Waals surface area contributed by atoms with Gasteiger partial charge in [0, 0.05) is 6.42 Å². The minimum atomic E-state index is -1.34. The van der Waals surface area contributed by atoms with Crippen molar-refractivity contribution >= 4 is 11.4 Å². The van der Waals surface area contributed by atoms with Crippen LogP contribution in [0.5, 0.6) is 0 Å². The van der Waals surface area contributed by atoms with Crippen molar-refractivity contribution in [2.45, 2.75) is 75.5 Å². The SMILES string of the molecule is C[C@@H]1C[C@H](O)[C@H](O)[C@H](Nc2ccccc2N[C@@H]2O[C@H](C)[C@H](O)[C@@H](O)[C@@H]2O)O1. The lowest BCUT2D eigenvalue weighted by molar-refractivity contribution is -0.209. The van der Waals surface area contributed by atoms with Crippen molar-refractivity contribution in [3.8, 4) is 0 Å². The molecule has 2 aliphatic heterocycles. The molecule has 2 aliphatic rings. The molecule has 2 saturated heterocycles. The number of anilines is 2. The quantitative estimate of drug-likeness (QED) is 0.355. The first-order valence-electron chi connectivity index (χ1n) is 9.11. The first kappa shape index (κ1) is 20.3. The fraction of sp³-hybridized carbons (Fsp3) is 0.667. The van der Waals surface area contributed by atoms with Crippen LogP contribution >= 0.6 is 0 Å². The van der Waals surface area contributed by atoms with Crippen molar-refractivity contribution in [1.82, 2.24) is 0 Å². The molecule has 2 heterocycles. The van der Waals surface area contributed by atoms with Crippen molar-refractivity contribution < 1.29 is 35.0 Å². The van der Waals surface area contributed by atoms with Gasteiger partial charge in [0.15, 0.2) is 12.5 Å². The summed E-state index contributed by atoms with van der Waals surface area (Å²) in [4.78, 5) is 0. The lowest BCUT2D eigenvalue weighted by atomic mass is 9.99. The Kier molecular flexibility index (Phi) is 6.21. The first-order chi connectivity index (χ1) is 12.8. The van der Waals surface area contributed by atoms with Crippen LogP contribution in [0.25, 0.3) is 0 Å². The maximum absolute atomic E-state index is 10.2. The molecule has 0 radical (unpaired) electrons. The normalized spacial score (nSPS) is 42.6. The molecule has 0 spiro atoms. The molecule has 0 bridgehead atoms. The Hall–Kier alpha value is -1.46. The molecular formula is C18H28N2O7. The van der Waals surface area contributed by atoms with Crippen molar-refractivity contribution in [3.63, 3.8) is 0 Å². The molecule has 7 N–H and O–H groups in total. The molecule has 0 amide bonds. The summed E-state index contributed by atoms with van der Waals surface area (Å²) in [6, 6.07) is 7.03. The van der Waals surface area contributed by atoms with E-state index in [2.05, 4.69) is 10.6 Å². The summed E-state index contributed by atoms with van der Waals surface area (Å²) in [5.41, 5.74) is 1.10. The van der Waals surface area contributed by atoms with Crippen LogP contribution in [0, 0.1) is 0 Å². The van der Waals surface area contributed by atoms with Gasteiger partial charge in [0.25, 0.3) is 0 Å². The molecule has 2 fully saturated rings. The zero-order chi connectivity index (χ0) is 19.7. The maximum atomic E-state index is 10.2. The molecule has 152 valence electrons. The minimum absolute atomic E-state index is 0.220.